The number of hydrogen-bond acceptors (Lipinski definition) is 5. The van der Waals surface area contributed by atoms with Crippen molar-refractivity contribution in [1.29, 1.82) is 0 Å². The topological polar surface area (TPSA) is 95.9 Å². The third kappa shape index (κ3) is 46.6. The lowest BCUT2D eigenvalue weighted by Crippen LogP contribution is -2.46. The summed E-state index contributed by atoms with van der Waals surface area (Å²) in [5.41, 5.74) is 0. The minimum atomic E-state index is -0.787. The van der Waals surface area contributed by atoms with Gasteiger partial charge in [-0.1, -0.05) is 256 Å². The lowest BCUT2D eigenvalue weighted by atomic mass is 10.0. The van der Waals surface area contributed by atoms with Gasteiger partial charge in [0.25, 0.3) is 0 Å². The van der Waals surface area contributed by atoms with Gasteiger partial charge in [-0.15, -0.1) is 0 Å². The third-order valence-corrected chi connectivity index (χ3v) is 13.0. The molecule has 0 aliphatic heterocycles. The van der Waals surface area contributed by atoms with Gasteiger partial charge in [-0.2, -0.15) is 0 Å². The summed E-state index contributed by atoms with van der Waals surface area (Å²) in [6, 6.07) is -0.701. The number of unbranched alkanes of at least 4 members (excludes halogenated alkanes) is 33. The van der Waals surface area contributed by atoms with Crippen LogP contribution in [-0.2, 0) is 14.3 Å². The molecule has 0 heterocycles. The molecule has 0 rings (SSSR count). The Bertz CT molecular complexity index is 1060. The SMILES string of the molecule is CCCCC/C=C\C/C=C\C/C=C\CCCCCCCCC(=O)OC(CCCCCCCCCCC)CC(=O)NC(CO)C(O)CCCCCCCCCCCCCCCCCCC. The summed E-state index contributed by atoms with van der Waals surface area (Å²) in [6.07, 6.45) is 62.1. The fourth-order valence-electron chi connectivity index (χ4n) is 8.67. The van der Waals surface area contributed by atoms with Gasteiger partial charge >= 0.3 is 5.97 Å². The Morgan fingerprint density at radius 2 is 0.797 bits per heavy atom. The highest BCUT2D eigenvalue weighted by Crippen LogP contribution is 2.18. The van der Waals surface area contributed by atoms with E-state index in [-0.39, 0.29) is 24.9 Å². The molecule has 6 heteroatoms. The van der Waals surface area contributed by atoms with Crippen LogP contribution < -0.4 is 5.32 Å². The van der Waals surface area contributed by atoms with Crippen molar-refractivity contribution >= 4 is 11.9 Å². The summed E-state index contributed by atoms with van der Waals surface area (Å²) in [4.78, 5) is 26.2. The number of aliphatic hydroxyl groups is 2. The number of rotatable bonds is 51. The molecule has 376 valence electrons. The Balaban J connectivity index is 4.39. The van der Waals surface area contributed by atoms with Gasteiger partial charge in [-0.05, 0) is 64.2 Å². The molecule has 0 aromatic carbocycles. The van der Waals surface area contributed by atoms with Crippen LogP contribution in [0.4, 0.5) is 0 Å². The van der Waals surface area contributed by atoms with Crippen molar-refractivity contribution in [1.82, 2.24) is 5.32 Å². The van der Waals surface area contributed by atoms with Crippen LogP contribution in [0, 0.1) is 0 Å². The van der Waals surface area contributed by atoms with E-state index in [0.29, 0.717) is 19.3 Å². The van der Waals surface area contributed by atoms with Crippen molar-refractivity contribution in [2.24, 2.45) is 0 Å². The summed E-state index contributed by atoms with van der Waals surface area (Å²) in [5.74, 6) is -0.477. The number of esters is 1. The maximum absolute atomic E-state index is 13.2. The Kier molecular flexibility index (Phi) is 50.5. The van der Waals surface area contributed by atoms with Gasteiger partial charge in [0.1, 0.15) is 6.10 Å². The van der Waals surface area contributed by atoms with E-state index >= 15 is 0 Å². The largest absolute Gasteiger partial charge is 0.462 e. The van der Waals surface area contributed by atoms with Crippen LogP contribution in [-0.4, -0.2) is 46.9 Å². The molecule has 0 spiro atoms. The summed E-state index contributed by atoms with van der Waals surface area (Å²) < 4.78 is 5.93. The van der Waals surface area contributed by atoms with Crippen molar-refractivity contribution in [2.45, 2.75) is 315 Å². The molecule has 0 aromatic rings. The molecule has 6 nitrogen and oxygen atoms in total. The summed E-state index contributed by atoms with van der Waals surface area (Å²) in [7, 11) is 0. The van der Waals surface area contributed by atoms with Crippen LogP contribution in [0.3, 0.4) is 0 Å². The van der Waals surface area contributed by atoms with E-state index < -0.39 is 18.2 Å². The highest BCUT2D eigenvalue weighted by molar-refractivity contribution is 5.77. The maximum Gasteiger partial charge on any atom is 0.306 e. The van der Waals surface area contributed by atoms with E-state index in [9.17, 15) is 19.8 Å². The van der Waals surface area contributed by atoms with Crippen LogP contribution in [0.2, 0.25) is 0 Å². The monoisotopic (exact) mass is 900 g/mol. The van der Waals surface area contributed by atoms with E-state index in [0.717, 1.165) is 64.2 Å². The third-order valence-electron chi connectivity index (χ3n) is 13.0. The molecule has 64 heavy (non-hydrogen) atoms. The molecule has 3 atom stereocenters. The molecule has 1 amide bonds. The van der Waals surface area contributed by atoms with Crippen molar-refractivity contribution < 1.29 is 24.5 Å². The summed E-state index contributed by atoms with van der Waals surface area (Å²) in [6.45, 7) is 6.47. The summed E-state index contributed by atoms with van der Waals surface area (Å²) >= 11 is 0. The minimum absolute atomic E-state index is 0.0758. The fourth-order valence-corrected chi connectivity index (χ4v) is 8.67. The van der Waals surface area contributed by atoms with Crippen LogP contribution in [0.1, 0.15) is 297 Å². The predicted molar refractivity (Wildman–Crippen MR) is 278 cm³/mol. The highest BCUT2D eigenvalue weighted by atomic mass is 16.5. The number of carbonyl (C=O) groups excluding carboxylic acids is 2. The molecule has 0 saturated carbocycles. The first-order valence-corrected chi connectivity index (χ1v) is 28.2. The van der Waals surface area contributed by atoms with E-state index in [4.69, 9.17) is 4.74 Å². The first-order chi connectivity index (χ1) is 31.5. The predicted octanol–water partition coefficient (Wildman–Crippen LogP) is 17.2. The normalized spacial score (nSPS) is 13.4. The zero-order valence-corrected chi connectivity index (χ0v) is 42.9. The average molecular weight is 901 g/mol. The molecular formula is C58H109NO5. The number of allylic oxidation sites excluding steroid dienone is 6. The smallest absolute Gasteiger partial charge is 0.306 e. The van der Waals surface area contributed by atoms with Gasteiger partial charge in [0.05, 0.1) is 25.2 Å². The first kappa shape index (κ1) is 62.1. The number of amides is 1. The van der Waals surface area contributed by atoms with Crippen LogP contribution in [0.25, 0.3) is 0 Å². The Morgan fingerprint density at radius 1 is 0.453 bits per heavy atom. The van der Waals surface area contributed by atoms with Gasteiger partial charge in [-0.25, -0.2) is 0 Å². The number of aliphatic hydroxyl groups excluding tert-OH is 2. The lowest BCUT2D eigenvalue weighted by Gasteiger charge is -2.24. The second kappa shape index (κ2) is 52.1. The van der Waals surface area contributed by atoms with Crippen molar-refractivity contribution in [3.8, 4) is 0 Å². The first-order valence-electron chi connectivity index (χ1n) is 28.2. The van der Waals surface area contributed by atoms with E-state index in [1.165, 1.54) is 186 Å². The lowest BCUT2D eigenvalue weighted by molar-refractivity contribution is -0.151. The van der Waals surface area contributed by atoms with Crippen LogP contribution in [0.5, 0.6) is 0 Å². The van der Waals surface area contributed by atoms with E-state index in [1.54, 1.807) is 0 Å². The molecule has 3 N–H and O–H groups in total. The second-order valence-electron chi connectivity index (χ2n) is 19.3. The molecule has 0 radical (unpaired) electrons. The van der Waals surface area contributed by atoms with E-state index in [1.807, 2.05) is 0 Å². The molecule has 0 aliphatic rings. The molecule has 0 saturated heterocycles. The average Bonchev–Trinajstić information content (AvgIpc) is 3.29. The van der Waals surface area contributed by atoms with E-state index in [2.05, 4.69) is 62.5 Å². The van der Waals surface area contributed by atoms with Gasteiger partial charge < -0.3 is 20.3 Å². The Hall–Kier alpha value is -1.92. The maximum atomic E-state index is 13.2. The molecule has 0 fully saturated rings. The number of carbonyl (C=O) groups is 2. The van der Waals surface area contributed by atoms with Crippen molar-refractivity contribution in [3.05, 3.63) is 36.5 Å². The molecular weight excluding hydrogens is 791 g/mol. The molecule has 0 bridgehead atoms. The van der Waals surface area contributed by atoms with Gasteiger partial charge in [0.2, 0.25) is 5.91 Å². The Morgan fingerprint density at radius 3 is 1.23 bits per heavy atom. The van der Waals surface area contributed by atoms with Crippen molar-refractivity contribution in [2.75, 3.05) is 6.61 Å². The number of ether oxygens (including phenoxy) is 1. The van der Waals surface area contributed by atoms with Gasteiger partial charge in [-0.3, -0.25) is 9.59 Å². The van der Waals surface area contributed by atoms with Crippen LogP contribution >= 0.6 is 0 Å². The zero-order chi connectivity index (χ0) is 46.7. The molecule has 3 unspecified atom stereocenters. The molecule has 0 aromatic heterocycles. The van der Waals surface area contributed by atoms with Gasteiger partial charge in [0, 0.05) is 6.42 Å². The standard InChI is InChI=1S/C58H109NO5/c1-4-7-10-13-16-19-21-23-25-27-28-30-32-34-36-39-42-45-48-51-58(63)64-54(49-46-43-40-37-18-15-12-9-6-3)52-57(62)59-55(53-60)56(61)50-47-44-41-38-35-33-31-29-26-24-22-20-17-14-11-8-5-2/h16,19,23,25,28,30,54-56,60-61H,4-15,17-18,20-22,24,26-27,29,31-53H2,1-3H3,(H,59,62)/b19-16-,25-23-,30-28-. The van der Waals surface area contributed by atoms with Crippen LogP contribution in [0.15, 0.2) is 36.5 Å². The Labute approximate surface area is 398 Å². The second-order valence-corrected chi connectivity index (χ2v) is 19.3. The quantitative estimate of drug-likeness (QED) is 0.0321. The minimum Gasteiger partial charge on any atom is -0.462 e. The van der Waals surface area contributed by atoms with Gasteiger partial charge in [0.15, 0.2) is 0 Å². The number of hydrogen-bond donors (Lipinski definition) is 3. The molecule has 0 aliphatic carbocycles. The van der Waals surface area contributed by atoms with Crippen molar-refractivity contribution in [3.63, 3.8) is 0 Å². The highest BCUT2D eigenvalue weighted by Gasteiger charge is 2.24. The fraction of sp³-hybridized carbons (Fsp3) is 0.862. The summed E-state index contributed by atoms with van der Waals surface area (Å²) in [5, 5.41) is 23.8. The zero-order valence-electron chi connectivity index (χ0n) is 42.9. The number of nitrogens with one attached hydrogen (secondary N) is 1.